The van der Waals surface area contributed by atoms with Crippen LogP contribution >= 0.6 is 0 Å². The van der Waals surface area contributed by atoms with Crippen molar-refractivity contribution >= 4 is 23.4 Å². The first-order valence-electron chi connectivity index (χ1n) is 15.1. The molecule has 2 bridgehead atoms. The summed E-state index contributed by atoms with van der Waals surface area (Å²) >= 11 is 0. The Balaban J connectivity index is 1.30. The van der Waals surface area contributed by atoms with Crippen LogP contribution in [0.4, 0.5) is 5.69 Å². The highest BCUT2D eigenvalue weighted by molar-refractivity contribution is 6.02. The van der Waals surface area contributed by atoms with E-state index in [1.165, 1.54) is 5.56 Å². The number of ether oxygens (including phenoxy) is 1. The molecule has 6 rings (SSSR count). The molecule has 3 amide bonds. The lowest BCUT2D eigenvalue weighted by atomic mass is 9.73. The standard InChI is InChI=1S/C34H41N3O4/c1-20(2)24-13-15-25(16-14-24)35-31(38)28-27-17-18-34(41-27)29(28)33(40)37(19-23-10-6-5-7-11-23)30(34)32(39)36-26-12-8-9-21(3)22(26)4/h5-7,10-11,13-18,20-22,26-30H,8-9,12,19H2,1-4H3,(H,35,38)(H,36,39)/t21-,22+,26-,27-,28+,29-,30-,34-/m1/s1. The third-order valence-corrected chi connectivity index (χ3v) is 10.0. The van der Waals surface area contributed by atoms with Gasteiger partial charge in [-0.2, -0.15) is 0 Å². The summed E-state index contributed by atoms with van der Waals surface area (Å²) in [5.74, 6) is -0.897. The fourth-order valence-electron chi connectivity index (χ4n) is 7.44. The molecule has 216 valence electrons. The highest BCUT2D eigenvalue weighted by atomic mass is 16.5. The number of amides is 3. The van der Waals surface area contributed by atoms with E-state index in [0.29, 0.717) is 23.4 Å². The first kappa shape index (κ1) is 27.7. The Morgan fingerprint density at radius 3 is 2.46 bits per heavy atom. The van der Waals surface area contributed by atoms with Crippen molar-refractivity contribution in [2.24, 2.45) is 23.7 Å². The quantitative estimate of drug-likeness (QED) is 0.469. The molecule has 1 aliphatic carbocycles. The van der Waals surface area contributed by atoms with Gasteiger partial charge >= 0.3 is 0 Å². The molecule has 3 heterocycles. The maximum atomic E-state index is 14.2. The third kappa shape index (κ3) is 4.78. The topological polar surface area (TPSA) is 87.7 Å². The van der Waals surface area contributed by atoms with Crippen molar-refractivity contribution in [3.63, 3.8) is 0 Å². The molecule has 0 radical (unpaired) electrons. The zero-order chi connectivity index (χ0) is 28.9. The van der Waals surface area contributed by atoms with E-state index >= 15 is 0 Å². The van der Waals surface area contributed by atoms with Crippen LogP contribution in [-0.2, 0) is 25.7 Å². The number of fused-ring (bicyclic) bond motifs is 1. The second-order valence-corrected chi connectivity index (χ2v) is 12.8. The molecule has 0 unspecified atom stereocenters. The number of benzene rings is 2. The molecule has 8 atom stereocenters. The largest absolute Gasteiger partial charge is 0.359 e. The second-order valence-electron chi connectivity index (χ2n) is 12.8. The van der Waals surface area contributed by atoms with Gasteiger partial charge in [0, 0.05) is 18.3 Å². The minimum absolute atomic E-state index is 0.0471. The minimum Gasteiger partial charge on any atom is -0.359 e. The molecule has 2 N–H and O–H groups in total. The Morgan fingerprint density at radius 2 is 1.76 bits per heavy atom. The average molecular weight is 556 g/mol. The third-order valence-electron chi connectivity index (χ3n) is 10.0. The summed E-state index contributed by atoms with van der Waals surface area (Å²) in [7, 11) is 0. The predicted octanol–water partition coefficient (Wildman–Crippen LogP) is 5.04. The Hall–Kier alpha value is -3.45. The Bertz CT molecular complexity index is 1340. The molecule has 4 aliphatic rings. The first-order valence-corrected chi connectivity index (χ1v) is 15.1. The molecule has 2 aromatic rings. The Labute approximate surface area is 242 Å². The van der Waals surface area contributed by atoms with Crippen molar-refractivity contribution in [3.8, 4) is 0 Å². The van der Waals surface area contributed by atoms with Crippen molar-refractivity contribution in [1.82, 2.24) is 10.2 Å². The van der Waals surface area contributed by atoms with Gasteiger partial charge < -0.3 is 20.3 Å². The lowest BCUT2D eigenvalue weighted by molar-refractivity contribution is -0.142. The second kappa shape index (κ2) is 10.8. The van der Waals surface area contributed by atoms with E-state index in [9.17, 15) is 14.4 Å². The van der Waals surface area contributed by atoms with E-state index in [1.807, 2.05) is 66.7 Å². The van der Waals surface area contributed by atoms with E-state index < -0.39 is 29.6 Å². The lowest BCUT2D eigenvalue weighted by Gasteiger charge is -2.38. The van der Waals surface area contributed by atoms with Crippen LogP contribution in [0, 0.1) is 23.7 Å². The number of rotatable bonds is 7. The molecule has 3 aliphatic heterocycles. The number of hydrogen-bond donors (Lipinski definition) is 2. The van der Waals surface area contributed by atoms with Gasteiger partial charge in [0.25, 0.3) is 0 Å². The molecule has 1 saturated carbocycles. The number of nitrogens with one attached hydrogen (secondary N) is 2. The lowest BCUT2D eigenvalue weighted by Crippen LogP contribution is -2.57. The molecular weight excluding hydrogens is 514 g/mol. The van der Waals surface area contributed by atoms with Crippen LogP contribution in [0.3, 0.4) is 0 Å². The van der Waals surface area contributed by atoms with Crippen molar-refractivity contribution < 1.29 is 19.1 Å². The number of anilines is 1. The van der Waals surface area contributed by atoms with Crippen LogP contribution in [0.5, 0.6) is 0 Å². The molecule has 7 nitrogen and oxygen atoms in total. The highest BCUT2D eigenvalue weighted by Gasteiger charge is 2.72. The van der Waals surface area contributed by atoms with Crippen LogP contribution in [-0.4, -0.2) is 46.4 Å². The normalized spacial score (nSPS) is 33.7. The van der Waals surface area contributed by atoms with Gasteiger partial charge in [-0.25, -0.2) is 0 Å². The van der Waals surface area contributed by atoms with Crippen LogP contribution in [0.25, 0.3) is 0 Å². The summed E-state index contributed by atoms with van der Waals surface area (Å²) in [5.41, 5.74) is 1.63. The van der Waals surface area contributed by atoms with Crippen molar-refractivity contribution in [2.75, 3.05) is 5.32 Å². The molecular formula is C34H41N3O4. The van der Waals surface area contributed by atoms with Crippen LogP contribution in [0.15, 0.2) is 66.7 Å². The van der Waals surface area contributed by atoms with E-state index in [2.05, 4.69) is 38.3 Å². The van der Waals surface area contributed by atoms with Gasteiger partial charge in [0.05, 0.1) is 17.9 Å². The Kier molecular flexibility index (Phi) is 7.26. The number of carbonyl (C=O) groups excluding carboxylic acids is 3. The first-order chi connectivity index (χ1) is 19.7. The summed E-state index contributed by atoms with van der Waals surface area (Å²) in [6, 6.07) is 16.7. The van der Waals surface area contributed by atoms with Crippen LogP contribution < -0.4 is 10.6 Å². The fraction of sp³-hybridized carbons (Fsp3) is 0.500. The van der Waals surface area contributed by atoms with Gasteiger partial charge in [-0.3, -0.25) is 14.4 Å². The average Bonchev–Trinajstić information content (AvgIpc) is 3.59. The SMILES string of the molecule is CC(C)c1ccc(NC(=O)[C@H]2[C@H]3C=C[C@@]4(O3)[C@H]2C(=O)N(Cc2ccccc2)[C@@H]4C(=O)N[C@@H]2CCC[C@@H](C)[C@@H]2C)cc1. The number of hydrogen-bond acceptors (Lipinski definition) is 4. The molecule has 41 heavy (non-hydrogen) atoms. The number of likely N-dealkylation sites (tertiary alicyclic amines) is 1. The fourth-order valence-corrected chi connectivity index (χ4v) is 7.44. The molecule has 0 aromatic heterocycles. The molecule has 2 aromatic carbocycles. The summed E-state index contributed by atoms with van der Waals surface area (Å²) in [6.45, 7) is 8.97. The van der Waals surface area contributed by atoms with Crippen LogP contribution in [0.2, 0.25) is 0 Å². The minimum atomic E-state index is -1.17. The molecule has 1 spiro atoms. The van der Waals surface area contributed by atoms with Gasteiger partial charge in [0.2, 0.25) is 17.7 Å². The van der Waals surface area contributed by atoms with E-state index in [1.54, 1.807) is 4.90 Å². The van der Waals surface area contributed by atoms with Gasteiger partial charge in [-0.15, -0.1) is 0 Å². The predicted molar refractivity (Wildman–Crippen MR) is 158 cm³/mol. The van der Waals surface area contributed by atoms with Gasteiger partial charge in [0.15, 0.2) is 0 Å². The van der Waals surface area contributed by atoms with Gasteiger partial charge in [-0.05, 0) is 47.4 Å². The summed E-state index contributed by atoms with van der Waals surface area (Å²) in [4.78, 5) is 43.8. The number of carbonyl (C=O) groups is 3. The summed E-state index contributed by atoms with van der Waals surface area (Å²) < 4.78 is 6.52. The zero-order valence-electron chi connectivity index (χ0n) is 24.4. The Morgan fingerprint density at radius 1 is 1.02 bits per heavy atom. The maximum absolute atomic E-state index is 14.2. The molecule has 7 heteroatoms. The highest BCUT2D eigenvalue weighted by Crippen LogP contribution is 2.55. The van der Waals surface area contributed by atoms with E-state index in [4.69, 9.17) is 4.74 Å². The molecule has 2 saturated heterocycles. The summed E-state index contributed by atoms with van der Waals surface area (Å²) in [5, 5.41) is 6.34. The van der Waals surface area contributed by atoms with Gasteiger partial charge in [-0.1, -0.05) is 95.2 Å². The van der Waals surface area contributed by atoms with E-state index in [0.717, 1.165) is 24.8 Å². The smallest absolute Gasteiger partial charge is 0.246 e. The van der Waals surface area contributed by atoms with Gasteiger partial charge in [0.1, 0.15) is 11.6 Å². The zero-order valence-corrected chi connectivity index (χ0v) is 24.4. The van der Waals surface area contributed by atoms with Crippen molar-refractivity contribution in [3.05, 3.63) is 77.9 Å². The van der Waals surface area contributed by atoms with Crippen molar-refractivity contribution in [2.45, 2.75) is 83.2 Å². The van der Waals surface area contributed by atoms with Crippen LogP contribution in [0.1, 0.15) is 64.0 Å². The molecule has 3 fully saturated rings. The number of nitrogens with zero attached hydrogens (tertiary/aromatic N) is 1. The van der Waals surface area contributed by atoms with Crippen molar-refractivity contribution in [1.29, 1.82) is 0 Å². The monoisotopic (exact) mass is 555 g/mol. The maximum Gasteiger partial charge on any atom is 0.246 e. The summed E-state index contributed by atoms with van der Waals surface area (Å²) in [6.07, 6.45) is 6.35. The van der Waals surface area contributed by atoms with E-state index in [-0.39, 0.29) is 30.3 Å².